The van der Waals surface area contributed by atoms with Crippen molar-refractivity contribution in [3.8, 4) is 11.8 Å². The molecule has 0 unspecified atom stereocenters. The molecule has 1 aromatic rings. The fourth-order valence-electron chi connectivity index (χ4n) is 2.19. The van der Waals surface area contributed by atoms with Crippen molar-refractivity contribution in [2.75, 3.05) is 32.9 Å². The van der Waals surface area contributed by atoms with Gasteiger partial charge in [-0.05, 0) is 62.6 Å². The Morgan fingerprint density at radius 2 is 2.00 bits per heavy atom. The molecule has 5 nitrogen and oxygen atoms in total. The molecule has 1 aromatic carbocycles. The van der Waals surface area contributed by atoms with Gasteiger partial charge in [-0.15, -0.1) is 0 Å². The summed E-state index contributed by atoms with van der Waals surface area (Å²) in [5.41, 5.74) is 0.847. The number of hydrogen-bond donors (Lipinski definition) is 0. The summed E-state index contributed by atoms with van der Waals surface area (Å²) in [6, 6.07) is 5.63. The van der Waals surface area contributed by atoms with Gasteiger partial charge in [-0.25, -0.2) is 0 Å². The van der Waals surface area contributed by atoms with Crippen LogP contribution in [-0.4, -0.2) is 43.7 Å². The molecule has 122 valence electrons. The largest absolute Gasteiger partial charge is 0.492 e. The standard InChI is InChI=1S/C16H16Br2N2O3/c1-2-23-15-13(17)8-11(9-14(15)18)7-12(10-19)16(21)20-3-5-22-6-4-20/h7-9H,2-6H2,1H3/b12-7+. The topological polar surface area (TPSA) is 62.6 Å². The molecule has 1 fully saturated rings. The minimum Gasteiger partial charge on any atom is -0.492 e. The van der Waals surface area contributed by atoms with E-state index in [1.54, 1.807) is 11.0 Å². The number of carbonyl (C=O) groups excluding carboxylic acids is 1. The van der Waals surface area contributed by atoms with Gasteiger partial charge in [-0.1, -0.05) is 0 Å². The van der Waals surface area contributed by atoms with Gasteiger partial charge in [0.25, 0.3) is 5.91 Å². The highest BCUT2D eigenvalue weighted by molar-refractivity contribution is 9.11. The fraction of sp³-hybridized carbons (Fsp3) is 0.375. The highest BCUT2D eigenvalue weighted by atomic mass is 79.9. The SMILES string of the molecule is CCOc1c(Br)cc(/C=C(\C#N)C(=O)N2CCOCC2)cc1Br. The first-order valence-corrected chi connectivity index (χ1v) is 8.76. The third-order valence-electron chi connectivity index (χ3n) is 3.27. The zero-order chi connectivity index (χ0) is 16.8. The van der Waals surface area contributed by atoms with Crippen molar-refractivity contribution in [1.82, 2.24) is 4.90 Å². The van der Waals surface area contributed by atoms with Crippen molar-refractivity contribution in [2.45, 2.75) is 6.92 Å². The predicted octanol–water partition coefficient (Wildman–Crippen LogP) is 3.38. The van der Waals surface area contributed by atoms with Crippen LogP contribution in [0.15, 0.2) is 26.7 Å². The average Bonchev–Trinajstić information content (AvgIpc) is 2.56. The molecular formula is C16H16Br2N2O3. The number of nitriles is 1. The molecule has 0 N–H and O–H groups in total. The summed E-state index contributed by atoms with van der Waals surface area (Å²) in [7, 11) is 0. The summed E-state index contributed by atoms with van der Waals surface area (Å²) in [5, 5.41) is 9.32. The summed E-state index contributed by atoms with van der Waals surface area (Å²) in [6.07, 6.45) is 1.59. The lowest BCUT2D eigenvalue weighted by Gasteiger charge is -2.26. The van der Waals surface area contributed by atoms with Gasteiger partial charge in [-0.3, -0.25) is 4.79 Å². The maximum absolute atomic E-state index is 12.4. The van der Waals surface area contributed by atoms with Crippen LogP contribution in [0.2, 0.25) is 0 Å². The second-order valence-corrected chi connectivity index (χ2v) is 6.53. The van der Waals surface area contributed by atoms with Crippen molar-refractivity contribution in [3.05, 3.63) is 32.2 Å². The number of morpholine rings is 1. The smallest absolute Gasteiger partial charge is 0.264 e. The fourth-order valence-corrected chi connectivity index (χ4v) is 3.64. The van der Waals surface area contributed by atoms with Crippen molar-refractivity contribution in [3.63, 3.8) is 0 Å². The molecule has 0 bridgehead atoms. The Morgan fingerprint density at radius 1 is 1.39 bits per heavy atom. The second-order valence-electron chi connectivity index (χ2n) is 4.82. The molecule has 2 rings (SSSR count). The van der Waals surface area contributed by atoms with Crippen LogP contribution in [-0.2, 0) is 9.53 Å². The molecule has 0 spiro atoms. The molecule has 1 saturated heterocycles. The van der Waals surface area contributed by atoms with Crippen LogP contribution in [0.1, 0.15) is 12.5 Å². The second kappa shape index (κ2) is 8.48. The van der Waals surface area contributed by atoms with Crippen LogP contribution in [0.4, 0.5) is 0 Å². The lowest BCUT2D eigenvalue weighted by atomic mass is 10.1. The summed E-state index contributed by atoms with van der Waals surface area (Å²) in [5.74, 6) is 0.430. The van der Waals surface area contributed by atoms with Gasteiger partial charge in [0, 0.05) is 13.1 Å². The zero-order valence-electron chi connectivity index (χ0n) is 12.6. The number of hydrogen-bond acceptors (Lipinski definition) is 4. The van der Waals surface area contributed by atoms with Crippen LogP contribution in [0.3, 0.4) is 0 Å². The molecule has 7 heteroatoms. The summed E-state index contributed by atoms with van der Waals surface area (Å²) in [6.45, 7) is 4.48. The van der Waals surface area contributed by atoms with Crippen LogP contribution >= 0.6 is 31.9 Å². The maximum atomic E-state index is 12.4. The van der Waals surface area contributed by atoms with E-state index in [0.717, 1.165) is 14.5 Å². The molecule has 1 aliphatic rings. The van der Waals surface area contributed by atoms with Gasteiger partial charge in [0.1, 0.15) is 17.4 Å². The first-order valence-electron chi connectivity index (χ1n) is 7.17. The highest BCUT2D eigenvalue weighted by Crippen LogP contribution is 2.35. The van der Waals surface area contributed by atoms with Gasteiger partial charge in [0.05, 0.1) is 28.8 Å². The quantitative estimate of drug-likeness (QED) is 0.528. The van der Waals surface area contributed by atoms with Crippen molar-refractivity contribution in [1.29, 1.82) is 5.26 Å². The number of benzene rings is 1. The van der Waals surface area contributed by atoms with E-state index < -0.39 is 0 Å². The Labute approximate surface area is 152 Å². The van der Waals surface area contributed by atoms with Crippen molar-refractivity contribution >= 4 is 43.8 Å². The van der Waals surface area contributed by atoms with Crippen LogP contribution in [0.25, 0.3) is 6.08 Å². The normalized spacial score (nSPS) is 15.2. The Hall–Kier alpha value is -1.36. The Balaban J connectivity index is 2.27. The number of halogens is 2. The minimum absolute atomic E-state index is 0.106. The van der Waals surface area contributed by atoms with Crippen molar-refractivity contribution in [2.24, 2.45) is 0 Å². The first-order chi connectivity index (χ1) is 11.1. The highest BCUT2D eigenvalue weighted by Gasteiger charge is 2.20. The molecule has 0 aromatic heterocycles. The molecule has 1 heterocycles. The molecule has 0 aliphatic carbocycles. The average molecular weight is 444 g/mol. The molecule has 0 saturated carbocycles. The number of rotatable bonds is 4. The third-order valence-corrected chi connectivity index (χ3v) is 4.45. The van der Waals surface area contributed by atoms with E-state index in [1.165, 1.54) is 0 Å². The Kier molecular flexibility index (Phi) is 6.63. The first kappa shape index (κ1) is 18.0. The van der Waals surface area contributed by atoms with Gasteiger partial charge in [-0.2, -0.15) is 5.26 Å². The number of amides is 1. The van der Waals surface area contributed by atoms with E-state index >= 15 is 0 Å². The van der Waals surface area contributed by atoms with E-state index in [4.69, 9.17) is 9.47 Å². The Bertz CT molecular complexity index is 639. The van der Waals surface area contributed by atoms with Gasteiger partial charge in [0.2, 0.25) is 0 Å². The van der Waals surface area contributed by atoms with Gasteiger partial charge < -0.3 is 14.4 Å². The summed E-state index contributed by atoms with van der Waals surface area (Å²) < 4.78 is 12.3. The lowest BCUT2D eigenvalue weighted by molar-refractivity contribution is -0.130. The summed E-state index contributed by atoms with van der Waals surface area (Å²) >= 11 is 6.89. The lowest BCUT2D eigenvalue weighted by Crippen LogP contribution is -2.41. The molecule has 23 heavy (non-hydrogen) atoms. The van der Waals surface area contributed by atoms with Gasteiger partial charge >= 0.3 is 0 Å². The van der Waals surface area contributed by atoms with E-state index in [-0.39, 0.29) is 11.5 Å². The van der Waals surface area contributed by atoms with Crippen LogP contribution < -0.4 is 4.74 Å². The summed E-state index contributed by atoms with van der Waals surface area (Å²) in [4.78, 5) is 14.0. The van der Waals surface area contributed by atoms with Crippen LogP contribution in [0.5, 0.6) is 5.75 Å². The van der Waals surface area contributed by atoms with E-state index in [9.17, 15) is 10.1 Å². The molecular weight excluding hydrogens is 428 g/mol. The monoisotopic (exact) mass is 442 g/mol. The Morgan fingerprint density at radius 3 is 2.52 bits per heavy atom. The van der Waals surface area contributed by atoms with E-state index in [1.807, 2.05) is 25.1 Å². The van der Waals surface area contributed by atoms with E-state index in [2.05, 4.69) is 31.9 Å². The predicted molar refractivity (Wildman–Crippen MR) is 94.0 cm³/mol. The maximum Gasteiger partial charge on any atom is 0.264 e. The molecule has 1 aliphatic heterocycles. The molecule has 1 amide bonds. The van der Waals surface area contributed by atoms with Gasteiger partial charge in [0.15, 0.2) is 0 Å². The molecule has 0 radical (unpaired) electrons. The van der Waals surface area contributed by atoms with Crippen molar-refractivity contribution < 1.29 is 14.3 Å². The minimum atomic E-state index is -0.267. The third kappa shape index (κ3) is 4.56. The number of nitrogens with zero attached hydrogens (tertiary/aromatic N) is 2. The number of carbonyl (C=O) groups is 1. The van der Waals surface area contributed by atoms with Crippen LogP contribution in [0, 0.1) is 11.3 Å². The molecule has 0 atom stereocenters. The van der Waals surface area contributed by atoms with E-state index in [0.29, 0.717) is 38.7 Å². The zero-order valence-corrected chi connectivity index (χ0v) is 15.8. The number of ether oxygens (including phenoxy) is 2.